The lowest BCUT2D eigenvalue weighted by molar-refractivity contribution is -0.131. The molecule has 2 atom stereocenters. The average molecular weight is 379 g/mol. The summed E-state index contributed by atoms with van der Waals surface area (Å²) in [7, 11) is 0. The van der Waals surface area contributed by atoms with E-state index in [0.29, 0.717) is 5.69 Å². The van der Waals surface area contributed by atoms with Gasteiger partial charge in [0.15, 0.2) is 0 Å². The second-order valence-electron chi connectivity index (χ2n) is 8.29. The standard InChI is InChI=1S/C22H19F2N3O/c23-15-7-13(11-1-2-11)8-16(24)20(15)21-19(12-3-4-12)22(28)27(21)14-5-6-17-18(9-14)26-10-25-17/h5-12,19,21H,1-4H2,(H,25,26)/t19?,21-/m1/s1. The number of fused-ring (bicyclic) bond motifs is 1. The van der Waals surface area contributed by atoms with Crippen molar-refractivity contribution < 1.29 is 13.6 Å². The fourth-order valence-corrected chi connectivity index (χ4v) is 4.63. The molecule has 1 amide bonds. The van der Waals surface area contributed by atoms with Crippen molar-refractivity contribution in [2.75, 3.05) is 4.90 Å². The highest BCUT2D eigenvalue weighted by Crippen LogP contribution is 2.55. The zero-order valence-corrected chi connectivity index (χ0v) is 15.2. The van der Waals surface area contributed by atoms with Crippen LogP contribution in [0.5, 0.6) is 0 Å². The number of carbonyl (C=O) groups is 1. The van der Waals surface area contributed by atoms with E-state index in [1.54, 1.807) is 17.3 Å². The first-order valence-corrected chi connectivity index (χ1v) is 9.87. The first kappa shape index (κ1) is 16.2. The number of anilines is 1. The maximum Gasteiger partial charge on any atom is 0.233 e. The zero-order chi connectivity index (χ0) is 19.0. The number of aromatic nitrogens is 2. The summed E-state index contributed by atoms with van der Waals surface area (Å²) in [5, 5.41) is 0. The van der Waals surface area contributed by atoms with Crippen molar-refractivity contribution >= 4 is 22.6 Å². The van der Waals surface area contributed by atoms with Crippen LogP contribution in [0.1, 0.15) is 48.8 Å². The minimum Gasteiger partial charge on any atom is -0.345 e. The summed E-state index contributed by atoms with van der Waals surface area (Å²) >= 11 is 0. The monoisotopic (exact) mass is 379 g/mol. The molecule has 6 heteroatoms. The molecule has 1 aromatic heterocycles. The molecule has 0 bridgehead atoms. The predicted molar refractivity (Wildman–Crippen MR) is 101 cm³/mol. The molecule has 1 unspecified atom stereocenters. The van der Waals surface area contributed by atoms with E-state index >= 15 is 8.78 Å². The second-order valence-corrected chi connectivity index (χ2v) is 8.29. The molecule has 1 saturated heterocycles. The van der Waals surface area contributed by atoms with Crippen molar-refractivity contribution in [2.24, 2.45) is 11.8 Å². The van der Waals surface area contributed by atoms with Crippen molar-refractivity contribution in [1.82, 2.24) is 9.97 Å². The number of imidazole rings is 1. The van der Waals surface area contributed by atoms with E-state index in [9.17, 15) is 4.79 Å². The number of benzene rings is 2. The summed E-state index contributed by atoms with van der Waals surface area (Å²) in [4.78, 5) is 21.8. The third-order valence-electron chi connectivity index (χ3n) is 6.40. The van der Waals surface area contributed by atoms with E-state index in [1.165, 1.54) is 12.1 Å². The lowest BCUT2D eigenvalue weighted by Crippen LogP contribution is -2.56. The number of β-lactam (4-membered cyclic amide) rings is 1. The van der Waals surface area contributed by atoms with Crippen molar-refractivity contribution in [2.45, 2.75) is 37.6 Å². The Morgan fingerprint density at radius 3 is 2.46 bits per heavy atom. The summed E-state index contributed by atoms with van der Waals surface area (Å²) in [6, 6.07) is 7.80. The molecule has 142 valence electrons. The van der Waals surface area contributed by atoms with Crippen LogP contribution in [0.2, 0.25) is 0 Å². The Morgan fingerprint density at radius 2 is 1.79 bits per heavy atom. The van der Waals surface area contributed by atoms with E-state index in [0.717, 1.165) is 42.3 Å². The van der Waals surface area contributed by atoms with Gasteiger partial charge in [0.2, 0.25) is 5.91 Å². The molecule has 2 aromatic carbocycles. The smallest absolute Gasteiger partial charge is 0.233 e. The number of rotatable bonds is 4. The van der Waals surface area contributed by atoms with E-state index in [-0.39, 0.29) is 29.2 Å². The predicted octanol–water partition coefficient (Wildman–Crippen LogP) is 4.83. The van der Waals surface area contributed by atoms with Gasteiger partial charge in [-0.25, -0.2) is 13.8 Å². The van der Waals surface area contributed by atoms with Crippen LogP contribution in [0.25, 0.3) is 11.0 Å². The van der Waals surface area contributed by atoms with Crippen molar-refractivity contribution in [3.05, 3.63) is 59.4 Å². The number of halogens is 2. The first-order chi connectivity index (χ1) is 13.6. The van der Waals surface area contributed by atoms with Gasteiger partial charge in [-0.15, -0.1) is 0 Å². The number of nitrogens with zero attached hydrogens (tertiary/aromatic N) is 2. The number of hydrogen-bond donors (Lipinski definition) is 1. The average Bonchev–Trinajstić information content (AvgIpc) is 3.59. The first-order valence-electron chi connectivity index (χ1n) is 9.87. The highest BCUT2D eigenvalue weighted by atomic mass is 19.1. The van der Waals surface area contributed by atoms with Crippen molar-refractivity contribution in [3.8, 4) is 0 Å². The van der Waals surface area contributed by atoms with Gasteiger partial charge in [-0.1, -0.05) is 0 Å². The molecule has 2 aliphatic carbocycles. The molecule has 3 fully saturated rings. The van der Waals surface area contributed by atoms with Crippen molar-refractivity contribution in [3.63, 3.8) is 0 Å². The van der Waals surface area contributed by atoms with E-state index in [2.05, 4.69) is 9.97 Å². The minimum atomic E-state index is -0.593. The van der Waals surface area contributed by atoms with Crippen LogP contribution in [0.3, 0.4) is 0 Å². The maximum atomic E-state index is 15.1. The Bertz CT molecular complexity index is 1090. The van der Waals surface area contributed by atoms with Gasteiger partial charge in [-0.3, -0.25) is 4.79 Å². The minimum absolute atomic E-state index is 0.0306. The van der Waals surface area contributed by atoms with Gasteiger partial charge in [0.25, 0.3) is 0 Å². The summed E-state index contributed by atoms with van der Waals surface area (Å²) < 4.78 is 30.1. The van der Waals surface area contributed by atoms with Crippen LogP contribution >= 0.6 is 0 Å². The molecular weight excluding hydrogens is 360 g/mol. The van der Waals surface area contributed by atoms with Gasteiger partial charge in [-0.05, 0) is 73.4 Å². The van der Waals surface area contributed by atoms with Gasteiger partial charge in [-0.2, -0.15) is 0 Å². The molecule has 0 spiro atoms. The Balaban J connectivity index is 1.45. The third kappa shape index (κ3) is 2.33. The highest BCUT2D eigenvalue weighted by Gasteiger charge is 2.56. The van der Waals surface area contributed by atoms with E-state index in [4.69, 9.17) is 0 Å². The molecule has 3 aromatic rings. The molecule has 2 saturated carbocycles. The van der Waals surface area contributed by atoms with Gasteiger partial charge in [0, 0.05) is 11.3 Å². The molecule has 1 aliphatic heterocycles. The molecule has 6 rings (SSSR count). The fraction of sp³-hybridized carbons (Fsp3) is 0.364. The zero-order valence-electron chi connectivity index (χ0n) is 15.2. The highest BCUT2D eigenvalue weighted by molar-refractivity contribution is 6.04. The normalized spacial score (nSPS) is 24.6. The van der Waals surface area contributed by atoms with Crippen LogP contribution in [-0.2, 0) is 4.79 Å². The molecule has 4 nitrogen and oxygen atoms in total. The summed E-state index contributed by atoms with van der Waals surface area (Å²) in [6.07, 6.45) is 5.46. The summed E-state index contributed by atoms with van der Waals surface area (Å²) in [5.41, 5.74) is 2.98. The quantitative estimate of drug-likeness (QED) is 0.660. The summed E-state index contributed by atoms with van der Waals surface area (Å²) in [5.74, 6) is -0.951. The molecule has 2 heterocycles. The molecule has 28 heavy (non-hydrogen) atoms. The van der Waals surface area contributed by atoms with Crippen LogP contribution in [0.4, 0.5) is 14.5 Å². The number of aromatic amines is 1. The third-order valence-corrected chi connectivity index (χ3v) is 6.40. The van der Waals surface area contributed by atoms with Gasteiger partial charge >= 0.3 is 0 Å². The largest absolute Gasteiger partial charge is 0.345 e. The Hall–Kier alpha value is -2.76. The molecule has 1 N–H and O–H groups in total. The van der Waals surface area contributed by atoms with Crippen LogP contribution < -0.4 is 4.90 Å². The SMILES string of the molecule is O=C1C(C2CC2)[C@H](c2c(F)cc(C3CC3)cc2F)N1c1ccc2[nH]cnc2c1. The molecule has 0 radical (unpaired) electrons. The van der Waals surface area contributed by atoms with Gasteiger partial charge in [0.1, 0.15) is 11.6 Å². The maximum absolute atomic E-state index is 15.1. The summed E-state index contributed by atoms with van der Waals surface area (Å²) in [6.45, 7) is 0. The lowest BCUT2D eigenvalue weighted by atomic mass is 9.78. The van der Waals surface area contributed by atoms with E-state index in [1.807, 2.05) is 12.1 Å². The Morgan fingerprint density at radius 1 is 1.04 bits per heavy atom. The Labute approximate surface area is 160 Å². The fourth-order valence-electron chi connectivity index (χ4n) is 4.63. The number of hydrogen-bond acceptors (Lipinski definition) is 2. The number of H-pyrrole nitrogens is 1. The van der Waals surface area contributed by atoms with E-state index < -0.39 is 17.7 Å². The molecule has 3 aliphatic rings. The second kappa shape index (κ2) is 5.63. The van der Waals surface area contributed by atoms with Crippen LogP contribution in [0.15, 0.2) is 36.7 Å². The lowest BCUT2D eigenvalue weighted by Gasteiger charge is -2.48. The number of amides is 1. The number of carbonyl (C=O) groups excluding carboxylic acids is 1. The van der Waals surface area contributed by atoms with Crippen LogP contribution in [-0.4, -0.2) is 15.9 Å². The van der Waals surface area contributed by atoms with Gasteiger partial charge in [0.05, 0.1) is 29.3 Å². The topological polar surface area (TPSA) is 49.0 Å². The van der Waals surface area contributed by atoms with Crippen LogP contribution in [0, 0.1) is 23.5 Å². The number of nitrogens with one attached hydrogen (secondary N) is 1. The Kier molecular flexibility index (Phi) is 3.26. The van der Waals surface area contributed by atoms with Crippen molar-refractivity contribution in [1.29, 1.82) is 0 Å². The van der Waals surface area contributed by atoms with Gasteiger partial charge < -0.3 is 9.88 Å². The molecular formula is C22H19F2N3O.